The molecule has 2 heteroatoms. The molecule has 0 aliphatic heterocycles. The van der Waals surface area contributed by atoms with Gasteiger partial charge in [-0.2, -0.15) is 0 Å². The van der Waals surface area contributed by atoms with E-state index in [9.17, 15) is 10.2 Å². The van der Waals surface area contributed by atoms with E-state index in [1.807, 2.05) is 42.5 Å². The van der Waals surface area contributed by atoms with E-state index < -0.39 is 6.10 Å². The fourth-order valence-electron chi connectivity index (χ4n) is 2.24. The van der Waals surface area contributed by atoms with E-state index in [1.165, 1.54) is 0 Å². The minimum Gasteiger partial charge on any atom is -0.512 e. The zero-order valence-corrected chi connectivity index (χ0v) is 8.72. The Bertz CT molecular complexity index is 542. The highest BCUT2D eigenvalue weighted by molar-refractivity contribution is 5.88. The zero-order valence-electron chi connectivity index (χ0n) is 8.72. The molecule has 0 amide bonds. The van der Waals surface area contributed by atoms with Gasteiger partial charge in [0.05, 0.1) is 6.10 Å². The Morgan fingerprint density at radius 2 is 1.75 bits per heavy atom. The van der Waals surface area contributed by atoms with Crippen LogP contribution in [-0.2, 0) is 0 Å². The normalized spacial score (nSPS) is 19.9. The van der Waals surface area contributed by atoms with Crippen LogP contribution in [0.25, 0.3) is 16.7 Å². The average molecular weight is 212 g/mol. The van der Waals surface area contributed by atoms with Gasteiger partial charge in [0.15, 0.2) is 0 Å². The summed E-state index contributed by atoms with van der Waals surface area (Å²) >= 11 is 0. The van der Waals surface area contributed by atoms with Crippen LogP contribution in [0.3, 0.4) is 0 Å². The second-order valence-electron chi connectivity index (χ2n) is 4.11. The van der Waals surface area contributed by atoms with Crippen molar-refractivity contribution >= 4 is 5.57 Å². The van der Waals surface area contributed by atoms with Gasteiger partial charge in [0, 0.05) is 12.0 Å². The van der Waals surface area contributed by atoms with E-state index in [1.54, 1.807) is 0 Å². The maximum absolute atomic E-state index is 9.65. The van der Waals surface area contributed by atoms with Crippen molar-refractivity contribution in [1.29, 1.82) is 0 Å². The smallest absolute Gasteiger partial charge is 0.102 e. The van der Waals surface area contributed by atoms with Crippen LogP contribution < -0.4 is 0 Å². The van der Waals surface area contributed by atoms with Crippen molar-refractivity contribution in [2.75, 3.05) is 0 Å². The fourth-order valence-corrected chi connectivity index (χ4v) is 2.24. The van der Waals surface area contributed by atoms with Gasteiger partial charge in [-0.25, -0.2) is 0 Å². The van der Waals surface area contributed by atoms with Crippen LogP contribution in [0.5, 0.6) is 0 Å². The monoisotopic (exact) mass is 212 g/mol. The Balaban J connectivity index is 2.19. The van der Waals surface area contributed by atoms with E-state index in [-0.39, 0.29) is 0 Å². The molecule has 0 radical (unpaired) electrons. The summed E-state index contributed by atoms with van der Waals surface area (Å²) in [6.07, 6.45) is -0.142. The molecular formula is C14H12O2. The summed E-state index contributed by atoms with van der Waals surface area (Å²) in [5, 5.41) is 19.2. The highest BCUT2D eigenvalue weighted by atomic mass is 16.3. The van der Waals surface area contributed by atoms with E-state index in [4.69, 9.17) is 0 Å². The minimum absolute atomic E-state index is 0.312. The Hall–Kier alpha value is -1.80. The number of hydrogen-bond acceptors (Lipinski definition) is 2. The molecule has 1 unspecified atom stereocenters. The second-order valence-corrected chi connectivity index (χ2v) is 4.11. The van der Waals surface area contributed by atoms with Crippen LogP contribution in [0.2, 0.25) is 0 Å². The molecule has 3 rings (SSSR count). The van der Waals surface area contributed by atoms with Crippen molar-refractivity contribution in [2.45, 2.75) is 12.5 Å². The molecule has 3 aliphatic carbocycles. The first-order chi connectivity index (χ1) is 7.77. The van der Waals surface area contributed by atoms with Crippen LogP contribution in [-0.4, -0.2) is 16.3 Å². The summed E-state index contributed by atoms with van der Waals surface area (Å²) < 4.78 is 0. The maximum atomic E-state index is 9.65. The lowest BCUT2D eigenvalue weighted by atomic mass is 9.86. The summed E-state index contributed by atoms with van der Waals surface area (Å²) in [6, 6.07) is 13.9. The van der Waals surface area contributed by atoms with Gasteiger partial charge in [-0.05, 0) is 16.7 Å². The molecule has 0 aromatic heterocycles. The van der Waals surface area contributed by atoms with E-state index >= 15 is 0 Å². The van der Waals surface area contributed by atoms with Crippen LogP contribution >= 0.6 is 0 Å². The Morgan fingerprint density at radius 1 is 0.938 bits per heavy atom. The molecule has 2 N–H and O–H groups in total. The zero-order chi connectivity index (χ0) is 11.1. The number of fused-ring (bicyclic) bond motifs is 1. The van der Waals surface area contributed by atoms with Gasteiger partial charge in [-0.1, -0.05) is 42.5 Å². The predicted octanol–water partition coefficient (Wildman–Crippen LogP) is 2.83. The summed E-state index contributed by atoms with van der Waals surface area (Å²) in [6.45, 7) is 0. The van der Waals surface area contributed by atoms with E-state index in [0.29, 0.717) is 17.8 Å². The second kappa shape index (κ2) is 3.35. The topological polar surface area (TPSA) is 40.5 Å². The van der Waals surface area contributed by atoms with E-state index in [2.05, 4.69) is 0 Å². The Kier molecular flexibility index (Phi) is 1.98. The average Bonchev–Trinajstić information content (AvgIpc) is 2.50. The van der Waals surface area contributed by atoms with Crippen molar-refractivity contribution in [3.05, 3.63) is 53.8 Å². The first-order valence-electron chi connectivity index (χ1n) is 5.35. The largest absolute Gasteiger partial charge is 0.512 e. The number of hydrogen-bond donors (Lipinski definition) is 2. The molecule has 0 saturated carbocycles. The summed E-state index contributed by atoms with van der Waals surface area (Å²) in [7, 11) is 0. The van der Waals surface area contributed by atoms with Crippen LogP contribution in [0, 0.1) is 0 Å². The lowest BCUT2D eigenvalue weighted by Crippen LogP contribution is -2.22. The molecule has 0 heterocycles. The number of aliphatic hydroxyl groups excluding tert-OH is 2. The Morgan fingerprint density at radius 3 is 2.50 bits per heavy atom. The third-order valence-corrected chi connectivity index (χ3v) is 3.11. The molecular weight excluding hydrogens is 200 g/mol. The highest BCUT2D eigenvalue weighted by Gasteiger charge is 2.30. The van der Waals surface area contributed by atoms with Gasteiger partial charge >= 0.3 is 0 Å². The minimum atomic E-state index is -0.517. The molecule has 0 aromatic carbocycles. The van der Waals surface area contributed by atoms with Gasteiger partial charge < -0.3 is 10.2 Å². The summed E-state index contributed by atoms with van der Waals surface area (Å²) in [4.78, 5) is 0. The van der Waals surface area contributed by atoms with Crippen molar-refractivity contribution in [1.82, 2.24) is 0 Å². The van der Waals surface area contributed by atoms with Crippen molar-refractivity contribution in [3.63, 3.8) is 0 Å². The molecule has 0 saturated heterocycles. The van der Waals surface area contributed by atoms with Crippen LogP contribution in [0.4, 0.5) is 0 Å². The molecule has 1 atom stereocenters. The summed E-state index contributed by atoms with van der Waals surface area (Å²) in [5.41, 5.74) is 3.83. The van der Waals surface area contributed by atoms with Crippen molar-refractivity contribution in [3.8, 4) is 11.1 Å². The molecule has 16 heavy (non-hydrogen) atoms. The van der Waals surface area contributed by atoms with Gasteiger partial charge in [0.25, 0.3) is 0 Å². The molecule has 3 aliphatic rings. The SMILES string of the molecule is OC1=C(c2ccc3cccccc2-3)C(O)C1. The van der Waals surface area contributed by atoms with Gasteiger partial charge in [0.2, 0.25) is 0 Å². The van der Waals surface area contributed by atoms with Gasteiger partial charge in [-0.3, -0.25) is 0 Å². The maximum Gasteiger partial charge on any atom is 0.102 e. The van der Waals surface area contributed by atoms with Crippen LogP contribution in [0.15, 0.2) is 48.2 Å². The van der Waals surface area contributed by atoms with Gasteiger partial charge in [0.1, 0.15) is 5.76 Å². The molecule has 0 aromatic rings. The highest BCUT2D eigenvalue weighted by Crippen LogP contribution is 2.41. The number of aliphatic hydroxyl groups is 2. The summed E-state index contributed by atoms with van der Waals surface area (Å²) in [5.74, 6) is 0.312. The van der Waals surface area contributed by atoms with Crippen molar-refractivity contribution < 1.29 is 10.2 Å². The molecule has 0 spiro atoms. The number of rotatable bonds is 1. The lowest BCUT2D eigenvalue weighted by Gasteiger charge is -2.25. The van der Waals surface area contributed by atoms with E-state index in [0.717, 1.165) is 16.7 Å². The molecule has 0 bridgehead atoms. The first kappa shape index (κ1) is 9.43. The first-order valence-corrected chi connectivity index (χ1v) is 5.35. The third kappa shape index (κ3) is 1.24. The quantitative estimate of drug-likeness (QED) is 0.763. The Labute approximate surface area is 93.8 Å². The van der Waals surface area contributed by atoms with Gasteiger partial charge in [-0.15, -0.1) is 0 Å². The van der Waals surface area contributed by atoms with Crippen LogP contribution in [0.1, 0.15) is 12.0 Å². The lowest BCUT2D eigenvalue weighted by molar-refractivity contribution is 0.179. The molecule has 80 valence electrons. The standard InChI is InChI=1S/C14H12O2/c15-12-8-13(16)14(12)11-7-6-9-4-2-1-3-5-10(9)11/h1-7,12,15-16H,8H2. The molecule has 2 nitrogen and oxygen atoms in total. The fraction of sp³-hybridized carbons (Fsp3) is 0.143. The van der Waals surface area contributed by atoms with Crippen molar-refractivity contribution in [2.24, 2.45) is 0 Å². The predicted molar refractivity (Wildman–Crippen MR) is 63.2 cm³/mol. The molecule has 0 fully saturated rings. The third-order valence-electron chi connectivity index (χ3n) is 3.11.